The van der Waals surface area contributed by atoms with Crippen LogP contribution in [-0.2, 0) is 0 Å². The molecule has 0 heterocycles. The first-order valence-electron chi connectivity index (χ1n) is 4.49. The fourth-order valence-electron chi connectivity index (χ4n) is 2.87. The summed E-state index contributed by atoms with van der Waals surface area (Å²) in [7, 11) is 0. The van der Waals surface area contributed by atoms with Gasteiger partial charge in [0.15, 0.2) is 0 Å². The highest BCUT2D eigenvalue weighted by atomic mass is 16.3. The van der Waals surface area contributed by atoms with Gasteiger partial charge in [0, 0.05) is 6.61 Å². The zero-order valence-electron chi connectivity index (χ0n) is 6.95. The lowest BCUT2D eigenvalue weighted by Gasteiger charge is -2.14. The molecule has 4 unspecified atom stereocenters. The third kappa shape index (κ3) is 0.859. The molecule has 2 rings (SSSR count). The van der Waals surface area contributed by atoms with Crippen LogP contribution in [0.1, 0.15) is 26.2 Å². The molecule has 2 aliphatic rings. The van der Waals surface area contributed by atoms with Gasteiger partial charge in [0.2, 0.25) is 0 Å². The van der Waals surface area contributed by atoms with Crippen LogP contribution in [0, 0.1) is 17.3 Å². The first-order valence-corrected chi connectivity index (χ1v) is 4.49. The number of hydrogen-bond acceptors (Lipinski definition) is 2. The van der Waals surface area contributed by atoms with Crippen LogP contribution in [0.15, 0.2) is 0 Å². The molecule has 0 saturated heterocycles. The second-order valence-corrected chi connectivity index (χ2v) is 4.29. The third-order valence-electron chi connectivity index (χ3n) is 3.70. The van der Waals surface area contributed by atoms with Crippen molar-refractivity contribution >= 4 is 0 Å². The highest BCUT2D eigenvalue weighted by molar-refractivity contribution is 5.11. The van der Waals surface area contributed by atoms with E-state index in [1.165, 1.54) is 6.42 Å². The van der Waals surface area contributed by atoms with E-state index in [1.807, 2.05) is 0 Å². The van der Waals surface area contributed by atoms with Crippen LogP contribution in [0.5, 0.6) is 0 Å². The minimum absolute atomic E-state index is 0.0654. The molecule has 0 amide bonds. The smallest absolute Gasteiger partial charge is 0.0577 e. The van der Waals surface area contributed by atoms with Crippen LogP contribution in [-0.4, -0.2) is 22.9 Å². The summed E-state index contributed by atoms with van der Waals surface area (Å²) in [5.74, 6) is 1.01. The van der Waals surface area contributed by atoms with Crippen molar-refractivity contribution in [1.29, 1.82) is 0 Å². The van der Waals surface area contributed by atoms with E-state index in [-0.39, 0.29) is 18.1 Å². The van der Waals surface area contributed by atoms with Crippen molar-refractivity contribution in [3.63, 3.8) is 0 Å². The summed E-state index contributed by atoms with van der Waals surface area (Å²) >= 11 is 0. The highest BCUT2D eigenvalue weighted by Crippen LogP contribution is 2.64. The first-order chi connectivity index (χ1) is 5.20. The van der Waals surface area contributed by atoms with Crippen LogP contribution in [0.3, 0.4) is 0 Å². The molecule has 0 spiro atoms. The van der Waals surface area contributed by atoms with E-state index in [4.69, 9.17) is 5.11 Å². The minimum atomic E-state index is -0.133. The number of rotatable bonds is 1. The summed E-state index contributed by atoms with van der Waals surface area (Å²) in [5, 5.41) is 18.7. The van der Waals surface area contributed by atoms with Gasteiger partial charge in [-0.15, -0.1) is 0 Å². The van der Waals surface area contributed by atoms with Gasteiger partial charge in [-0.2, -0.15) is 0 Å². The predicted octanol–water partition coefficient (Wildman–Crippen LogP) is 0.776. The van der Waals surface area contributed by atoms with Crippen molar-refractivity contribution < 1.29 is 10.2 Å². The Bertz CT molecular complexity index is 169. The Labute approximate surface area is 67.2 Å². The highest BCUT2D eigenvalue weighted by Gasteiger charge is 2.64. The Morgan fingerprint density at radius 3 is 2.73 bits per heavy atom. The van der Waals surface area contributed by atoms with E-state index < -0.39 is 0 Å². The Kier molecular flexibility index (Phi) is 1.52. The molecule has 0 radical (unpaired) electrons. The van der Waals surface area contributed by atoms with Crippen LogP contribution >= 0.6 is 0 Å². The van der Waals surface area contributed by atoms with Gasteiger partial charge in [-0.3, -0.25) is 0 Å². The summed E-state index contributed by atoms with van der Waals surface area (Å²) in [6.45, 7) is 2.34. The maximum atomic E-state index is 9.57. The summed E-state index contributed by atoms with van der Waals surface area (Å²) in [5.41, 5.74) is 0.0654. The lowest BCUT2D eigenvalue weighted by Crippen LogP contribution is -2.17. The molecule has 0 aromatic heterocycles. The molecule has 0 aromatic carbocycles. The van der Waals surface area contributed by atoms with E-state index in [0.29, 0.717) is 11.8 Å². The molecule has 0 bridgehead atoms. The van der Waals surface area contributed by atoms with Gasteiger partial charge < -0.3 is 10.2 Å². The molecule has 64 valence electrons. The van der Waals surface area contributed by atoms with Gasteiger partial charge in [0.05, 0.1) is 6.10 Å². The maximum absolute atomic E-state index is 9.57. The molecule has 2 aliphatic carbocycles. The Hall–Kier alpha value is -0.0800. The zero-order valence-corrected chi connectivity index (χ0v) is 6.95. The molecule has 2 heteroatoms. The standard InChI is InChI=1S/C9H16O2/c1-9(5-10)6-3-2-4-7(11)8(6)9/h6-8,10-11H,2-5H2,1H3. The van der Waals surface area contributed by atoms with Gasteiger partial charge in [-0.1, -0.05) is 13.3 Å². The molecule has 0 aliphatic heterocycles. The van der Waals surface area contributed by atoms with Crippen LogP contribution in [0.4, 0.5) is 0 Å². The van der Waals surface area contributed by atoms with Crippen molar-refractivity contribution in [3.8, 4) is 0 Å². The van der Waals surface area contributed by atoms with Gasteiger partial charge in [-0.05, 0) is 30.1 Å². The quantitative estimate of drug-likeness (QED) is 0.589. The van der Waals surface area contributed by atoms with Crippen molar-refractivity contribution in [2.75, 3.05) is 6.61 Å². The summed E-state index contributed by atoms with van der Waals surface area (Å²) < 4.78 is 0. The summed E-state index contributed by atoms with van der Waals surface area (Å²) in [4.78, 5) is 0. The Morgan fingerprint density at radius 1 is 1.45 bits per heavy atom. The normalized spacial score (nSPS) is 55.4. The largest absolute Gasteiger partial charge is 0.396 e. The minimum Gasteiger partial charge on any atom is -0.396 e. The summed E-state index contributed by atoms with van der Waals surface area (Å²) in [6, 6.07) is 0. The van der Waals surface area contributed by atoms with Crippen LogP contribution in [0.25, 0.3) is 0 Å². The van der Waals surface area contributed by atoms with Crippen LogP contribution in [0.2, 0.25) is 0 Å². The molecule has 4 atom stereocenters. The molecule has 11 heavy (non-hydrogen) atoms. The number of aliphatic hydroxyl groups is 2. The monoisotopic (exact) mass is 156 g/mol. The van der Waals surface area contributed by atoms with Gasteiger partial charge in [0.25, 0.3) is 0 Å². The lowest BCUT2D eigenvalue weighted by atomic mass is 9.98. The number of hydrogen-bond donors (Lipinski definition) is 2. The molecule has 2 saturated carbocycles. The SMILES string of the molecule is CC1(CO)C2CCCC(O)C21. The molecular weight excluding hydrogens is 140 g/mol. The van der Waals surface area contributed by atoms with Crippen molar-refractivity contribution in [2.24, 2.45) is 17.3 Å². The fourth-order valence-corrected chi connectivity index (χ4v) is 2.87. The number of aliphatic hydroxyl groups excluding tert-OH is 2. The van der Waals surface area contributed by atoms with E-state index in [9.17, 15) is 5.11 Å². The molecule has 2 fully saturated rings. The van der Waals surface area contributed by atoms with Crippen molar-refractivity contribution in [2.45, 2.75) is 32.3 Å². The predicted molar refractivity (Wildman–Crippen MR) is 42.0 cm³/mol. The average molecular weight is 156 g/mol. The molecular formula is C9H16O2. The second-order valence-electron chi connectivity index (χ2n) is 4.29. The summed E-state index contributed by atoms with van der Waals surface area (Å²) in [6.07, 6.45) is 3.15. The Morgan fingerprint density at radius 2 is 2.18 bits per heavy atom. The topological polar surface area (TPSA) is 40.5 Å². The average Bonchev–Trinajstić information content (AvgIpc) is 2.61. The van der Waals surface area contributed by atoms with Gasteiger partial charge in [0.1, 0.15) is 0 Å². The fraction of sp³-hybridized carbons (Fsp3) is 1.00. The number of fused-ring (bicyclic) bond motifs is 1. The third-order valence-corrected chi connectivity index (χ3v) is 3.70. The van der Waals surface area contributed by atoms with E-state index >= 15 is 0 Å². The van der Waals surface area contributed by atoms with E-state index in [1.54, 1.807) is 0 Å². The van der Waals surface area contributed by atoms with Gasteiger partial charge in [-0.25, -0.2) is 0 Å². The second kappa shape index (κ2) is 2.20. The van der Waals surface area contributed by atoms with Crippen LogP contribution < -0.4 is 0 Å². The van der Waals surface area contributed by atoms with Gasteiger partial charge >= 0.3 is 0 Å². The molecule has 2 nitrogen and oxygen atoms in total. The van der Waals surface area contributed by atoms with E-state index in [2.05, 4.69) is 6.92 Å². The lowest BCUT2D eigenvalue weighted by molar-refractivity contribution is 0.0993. The van der Waals surface area contributed by atoms with Crippen molar-refractivity contribution in [1.82, 2.24) is 0 Å². The maximum Gasteiger partial charge on any atom is 0.0577 e. The van der Waals surface area contributed by atoms with E-state index in [0.717, 1.165) is 12.8 Å². The molecule has 2 N–H and O–H groups in total. The Balaban J connectivity index is 2.10. The molecule has 0 aromatic rings. The first kappa shape index (κ1) is 7.56. The van der Waals surface area contributed by atoms with Crippen molar-refractivity contribution in [3.05, 3.63) is 0 Å². The zero-order chi connectivity index (χ0) is 8.06.